The van der Waals surface area contributed by atoms with E-state index in [9.17, 15) is 29.7 Å². The smallest absolute Gasteiger partial charge is 0.338 e. The lowest BCUT2D eigenvalue weighted by Gasteiger charge is -2.18. The Bertz CT molecular complexity index is 5540. The Balaban J connectivity index is 0.927. The summed E-state index contributed by atoms with van der Waals surface area (Å²) in [4.78, 5) is 72.4. The Morgan fingerprint density at radius 3 is 0.970 bits per heavy atom. The van der Waals surface area contributed by atoms with E-state index in [1.54, 1.807) is 72.8 Å². The minimum Gasteiger partial charge on any atom is -0.457 e. The van der Waals surface area contributed by atoms with Crippen LogP contribution in [0.4, 0.5) is 0 Å². The Labute approximate surface area is 573 Å². The number of hydrogen-bond donors (Lipinski definition) is 0. The molecular formula is C85H55N7O8. The first-order valence-corrected chi connectivity index (χ1v) is 32.1. The predicted molar refractivity (Wildman–Crippen MR) is 382 cm³/mol. The van der Waals surface area contributed by atoms with Crippen LogP contribution in [0, 0.1) is 22.7 Å². The topological polar surface area (TPSA) is 201 Å². The molecule has 0 fully saturated rings. The number of esters is 4. The second-order valence-corrected chi connectivity index (χ2v) is 23.8. The van der Waals surface area contributed by atoms with Gasteiger partial charge in [0, 0.05) is 38.2 Å². The molecule has 0 aliphatic rings. The summed E-state index contributed by atoms with van der Waals surface area (Å²) in [6.45, 7) is 0.200. The zero-order valence-electron chi connectivity index (χ0n) is 53.4. The highest BCUT2D eigenvalue weighted by Gasteiger charge is 2.26. The molecule has 0 amide bonds. The molecule has 0 aliphatic heterocycles. The highest BCUT2D eigenvalue weighted by molar-refractivity contribution is 6.15. The third-order valence-corrected chi connectivity index (χ3v) is 17.4. The van der Waals surface area contributed by atoms with E-state index in [-0.39, 0.29) is 60.3 Å². The van der Waals surface area contributed by atoms with E-state index in [1.165, 1.54) is 0 Å². The van der Waals surface area contributed by atoms with Crippen LogP contribution >= 0.6 is 0 Å². The maximum absolute atomic E-state index is 14.1. The molecule has 0 radical (unpaired) electrons. The van der Waals surface area contributed by atoms with Gasteiger partial charge >= 0.3 is 23.9 Å². The quantitative estimate of drug-likeness (QED) is 0.0581. The summed E-state index contributed by atoms with van der Waals surface area (Å²) >= 11 is 0. The molecule has 0 bridgehead atoms. The molecule has 15 heteroatoms. The number of carbonyl (C=O) groups excluding carboxylic acids is 4. The molecule has 100 heavy (non-hydrogen) atoms. The third-order valence-electron chi connectivity index (χ3n) is 17.4. The van der Waals surface area contributed by atoms with Gasteiger partial charge in [0.2, 0.25) is 0 Å². The van der Waals surface area contributed by atoms with Gasteiger partial charge in [-0.25, -0.2) is 34.1 Å². The van der Waals surface area contributed by atoms with E-state index in [4.69, 9.17) is 33.9 Å². The van der Waals surface area contributed by atoms with Gasteiger partial charge in [-0.05, 0) is 149 Å². The van der Waals surface area contributed by atoms with Gasteiger partial charge in [-0.2, -0.15) is 10.5 Å². The van der Waals surface area contributed by atoms with E-state index >= 15 is 0 Å². The Hall–Kier alpha value is -13.9. The van der Waals surface area contributed by atoms with Crippen molar-refractivity contribution in [2.24, 2.45) is 0 Å². The van der Waals surface area contributed by atoms with Crippen molar-refractivity contribution in [3.63, 3.8) is 0 Å². The number of aromatic nitrogens is 5. The molecule has 478 valence electrons. The Kier molecular flexibility index (Phi) is 17.1. The van der Waals surface area contributed by atoms with Crippen molar-refractivity contribution in [3.8, 4) is 68.8 Å². The number of ether oxygens (including phenoxy) is 4. The maximum atomic E-state index is 14.1. The average molecular weight is 1300 g/mol. The standard InChI is InChI=1S/C85H55N7O8/c86-48-54-26-29-60(30-27-54)62-31-37-78(92-75-40-34-65(84(95)99-52-57-20-10-3-11-21-57)46-69(75)70-47-66(35-41-76(70)92)85(96)100-53-58-22-12-4-13-23-58)72(43-62)81-89-79(61-24-14-5-15-25-61)88-80(90-81)71-42-59(49-87)28-36-77(71)91-73-38-32-63(82(93)97-50-55-16-6-1-7-17-55)44-67(73)68-45-64(33-39-74(68)91)83(94)98-51-56-18-8-2-9-19-56/h1-47H,50-53H2. The molecule has 15 rings (SSSR count). The lowest BCUT2D eigenvalue weighted by atomic mass is 9.99. The average Bonchev–Trinajstić information content (AvgIpc) is 1.56. The molecule has 0 saturated carbocycles. The summed E-state index contributed by atoms with van der Waals surface area (Å²) in [5.41, 5.74) is 12.1. The van der Waals surface area contributed by atoms with Crippen molar-refractivity contribution in [1.82, 2.24) is 24.1 Å². The third kappa shape index (κ3) is 12.7. The Morgan fingerprint density at radius 1 is 0.300 bits per heavy atom. The fourth-order valence-electron chi connectivity index (χ4n) is 12.4. The van der Waals surface area contributed by atoms with Gasteiger partial charge in [0.15, 0.2) is 17.5 Å². The van der Waals surface area contributed by atoms with Crippen molar-refractivity contribution in [1.29, 1.82) is 10.5 Å². The van der Waals surface area contributed by atoms with Crippen LogP contribution in [0.25, 0.3) is 100 Å². The molecule has 0 atom stereocenters. The number of benzene rings is 12. The Morgan fingerprint density at radius 2 is 0.610 bits per heavy atom. The number of nitriles is 2. The predicted octanol–water partition coefficient (Wildman–Crippen LogP) is 17.9. The minimum absolute atomic E-state index is 0.0493. The lowest BCUT2D eigenvalue weighted by molar-refractivity contribution is 0.0464. The van der Waals surface area contributed by atoms with Crippen LogP contribution < -0.4 is 0 Å². The van der Waals surface area contributed by atoms with Gasteiger partial charge in [-0.15, -0.1) is 0 Å². The van der Waals surface area contributed by atoms with E-state index in [0.29, 0.717) is 88.6 Å². The maximum Gasteiger partial charge on any atom is 0.338 e. The van der Waals surface area contributed by atoms with Crippen LogP contribution in [0.2, 0.25) is 0 Å². The molecule has 0 spiro atoms. The van der Waals surface area contributed by atoms with Crippen molar-refractivity contribution in [3.05, 3.63) is 341 Å². The van der Waals surface area contributed by atoms with Gasteiger partial charge < -0.3 is 28.1 Å². The number of fused-ring (bicyclic) bond motifs is 6. The number of hydrogen-bond acceptors (Lipinski definition) is 13. The first-order valence-electron chi connectivity index (χ1n) is 32.1. The molecule has 3 aromatic heterocycles. The monoisotopic (exact) mass is 1300 g/mol. The van der Waals surface area contributed by atoms with Gasteiger partial charge in [-0.1, -0.05) is 170 Å². The summed E-state index contributed by atoms with van der Waals surface area (Å²) in [5.74, 6) is -1.49. The lowest BCUT2D eigenvalue weighted by Crippen LogP contribution is -2.07. The molecule has 0 aliphatic carbocycles. The molecule has 12 aromatic carbocycles. The normalized spacial score (nSPS) is 11.1. The first kappa shape index (κ1) is 62.2. The molecule has 3 heterocycles. The highest BCUT2D eigenvalue weighted by Crippen LogP contribution is 2.42. The summed E-state index contributed by atoms with van der Waals surface area (Å²) in [5, 5.41) is 23.2. The van der Waals surface area contributed by atoms with Crippen LogP contribution in [0.3, 0.4) is 0 Å². The summed E-state index contributed by atoms with van der Waals surface area (Å²) in [6, 6.07) is 91.5. The van der Waals surface area contributed by atoms with E-state index in [1.807, 2.05) is 221 Å². The fraction of sp³-hybridized carbons (Fsp3) is 0.0471. The van der Waals surface area contributed by atoms with Crippen molar-refractivity contribution < 1.29 is 38.1 Å². The second-order valence-electron chi connectivity index (χ2n) is 23.8. The largest absolute Gasteiger partial charge is 0.457 e. The highest BCUT2D eigenvalue weighted by atomic mass is 16.5. The van der Waals surface area contributed by atoms with Crippen LogP contribution in [-0.4, -0.2) is 48.0 Å². The number of nitrogens with zero attached hydrogens (tertiary/aromatic N) is 7. The van der Waals surface area contributed by atoms with Crippen LogP contribution in [0.5, 0.6) is 0 Å². The van der Waals surface area contributed by atoms with Gasteiger partial charge in [0.05, 0.1) is 79.0 Å². The van der Waals surface area contributed by atoms with Crippen molar-refractivity contribution >= 4 is 67.5 Å². The molecule has 15 nitrogen and oxygen atoms in total. The summed E-state index contributed by atoms with van der Waals surface area (Å²) < 4.78 is 27.5. The number of rotatable bonds is 18. The molecule has 0 saturated heterocycles. The van der Waals surface area contributed by atoms with Crippen LogP contribution in [0.15, 0.2) is 285 Å². The second kappa shape index (κ2) is 27.4. The molecule has 0 unspecified atom stereocenters. The first-order chi connectivity index (χ1) is 49.1. The van der Waals surface area contributed by atoms with E-state index < -0.39 is 23.9 Å². The minimum atomic E-state index is -0.549. The van der Waals surface area contributed by atoms with Crippen LogP contribution in [-0.2, 0) is 45.4 Å². The SMILES string of the molecule is N#Cc1ccc(-c2ccc(-n3c4ccc(C(=O)OCc5ccccc5)cc4c4cc(C(=O)OCc5ccccc5)ccc43)c(-c3nc(-c4ccccc4)nc(-c4cc(C#N)ccc4-n4c5ccc(C(=O)OCc6ccccc6)cc5c5cc(C(=O)OCc6ccccc6)ccc54)n3)c2)cc1. The zero-order chi connectivity index (χ0) is 68.1. The molecule has 15 aromatic rings. The van der Waals surface area contributed by atoms with Gasteiger partial charge in [0.1, 0.15) is 26.4 Å². The van der Waals surface area contributed by atoms with Gasteiger partial charge in [0.25, 0.3) is 0 Å². The fourth-order valence-corrected chi connectivity index (χ4v) is 12.4. The summed E-state index contributed by atoms with van der Waals surface area (Å²) in [6.07, 6.45) is 0. The van der Waals surface area contributed by atoms with Crippen molar-refractivity contribution in [2.45, 2.75) is 26.4 Å². The summed E-state index contributed by atoms with van der Waals surface area (Å²) in [7, 11) is 0. The number of carbonyl (C=O) groups is 4. The zero-order valence-corrected chi connectivity index (χ0v) is 53.4. The molecule has 0 N–H and O–H groups in total. The molecular weight excluding hydrogens is 1250 g/mol. The van der Waals surface area contributed by atoms with Crippen molar-refractivity contribution in [2.75, 3.05) is 0 Å². The van der Waals surface area contributed by atoms with E-state index in [2.05, 4.69) is 12.1 Å². The van der Waals surface area contributed by atoms with Gasteiger partial charge in [-0.3, -0.25) is 0 Å². The van der Waals surface area contributed by atoms with E-state index in [0.717, 1.165) is 33.4 Å². The van der Waals surface area contributed by atoms with Crippen LogP contribution in [0.1, 0.15) is 74.8 Å².